The summed E-state index contributed by atoms with van der Waals surface area (Å²) in [7, 11) is 0. The van der Waals surface area contributed by atoms with Crippen LogP contribution >= 0.6 is 23.2 Å². The molecule has 2 unspecified atom stereocenters. The number of carbonyl (C=O) groups is 4. The summed E-state index contributed by atoms with van der Waals surface area (Å²) in [5.74, 6) is -1.03. The maximum absolute atomic E-state index is 13.3. The normalized spacial score (nSPS) is 13.3. The molecule has 0 bridgehead atoms. The van der Waals surface area contributed by atoms with Crippen LogP contribution in [0.15, 0.2) is 24.8 Å². The van der Waals surface area contributed by atoms with Gasteiger partial charge in [0.25, 0.3) is 0 Å². The zero-order valence-corrected chi connectivity index (χ0v) is 31.3. The molecule has 2 heterocycles. The number of rotatable bonds is 10. The van der Waals surface area contributed by atoms with E-state index in [1.54, 1.807) is 85.9 Å². The molecule has 274 valence electrons. The summed E-state index contributed by atoms with van der Waals surface area (Å²) in [6.45, 7) is 16.7. The minimum Gasteiger partial charge on any atom is -0.490 e. The molecule has 0 aliphatic rings. The quantitative estimate of drug-likeness (QED) is 0.197. The summed E-state index contributed by atoms with van der Waals surface area (Å²) < 4.78 is 24.0. The number of carboxylic acids is 1. The van der Waals surface area contributed by atoms with Gasteiger partial charge in [-0.25, -0.2) is 34.1 Å². The summed E-state index contributed by atoms with van der Waals surface area (Å²) in [5.41, 5.74) is -1.90. The summed E-state index contributed by atoms with van der Waals surface area (Å²) in [4.78, 5) is 64.2. The molecule has 0 saturated carbocycles. The first-order chi connectivity index (χ1) is 23.0. The lowest BCUT2D eigenvalue weighted by Gasteiger charge is -2.28. The van der Waals surface area contributed by atoms with Crippen molar-refractivity contribution in [3.8, 4) is 5.75 Å². The molecule has 2 atom stereocenters. The van der Waals surface area contributed by atoms with E-state index in [0.29, 0.717) is 16.2 Å². The Balaban J connectivity index is 1.91. The van der Waals surface area contributed by atoms with Gasteiger partial charge in [-0.3, -0.25) is 0 Å². The number of amides is 3. The minimum absolute atomic E-state index is 0.0330. The SMILES string of the molecule is CC(CCC(NC(=O)OC(C)(C)C)C(=O)O)Oc1ccc(Cl)c(Cl)c1Cn1cnc2c(N(C(=O)OC(C)(C)C)C(=O)OC(C)(C)C)ncnc21. The van der Waals surface area contributed by atoms with Crippen molar-refractivity contribution in [2.45, 2.75) is 118 Å². The number of halogens is 2. The highest BCUT2D eigenvalue weighted by molar-refractivity contribution is 6.42. The van der Waals surface area contributed by atoms with E-state index in [2.05, 4.69) is 20.3 Å². The van der Waals surface area contributed by atoms with Gasteiger partial charge in [0.15, 0.2) is 17.0 Å². The van der Waals surface area contributed by atoms with Crippen LogP contribution in [0.25, 0.3) is 11.2 Å². The Labute approximate surface area is 300 Å². The zero-order chi connectivity index (χ0) is 37.8. The third-order valence-corrected chi connectivity index (χ3v) is 7.25. The molecule has 50 heavy (non-hydrogen) atoms. The maximum atomic E-state index is 13.3. The summed E-state index contributed by atoms with van der Waals surface area (Å²) in [5, 5.41) is 12.5. The average Bonchev–Trinajstić information content (AvgIpc) is 3.35. The van der Waals surface area contributed by atoms with Gasteiger partial charge in [-0.05, 0) is 94.2 Å². The third-order valence-electron chi connectivity index (χ3n) is 6.41. The van der Waals surface area contributed by atoms with Gasteiger partial charge in [0.2, 0.25) is 0 Å². The molecule has 3 amide bonds. The highest BCUT2D eigenvalue weighted by Gasteiger charge is 2.36. The molecule has 1 aromatic carbocycles. The van der Waals surface area contributed by atoms with Crippen molar-refractivity contribution in [1.29, 1.82) is 0 Å². The molecule has 0 spiro atoms. The van der Waals surface area contributed by atoms with Gasteiger partial charge in [-0.15, -0.1) is 0 Å². The van der Waals surface area contributed by atoms with Crippen LogP contribution in [0.1, 0.15) is 87.6 Å². The van der Waals surface area contributed by atoms with Crippen LogP contribution in [0, 0.1) is 0 Å². The number of anilines is 1. The maximum Gasteiger partial charge on any atom is 0.425 e. The van der Waals surface area contributed by atoms with E-state index in [1.165, 1.54) is 12.7 Å². The van der Waals surface area contributed by atoms with Crippen LogP contribution in [0.3, 0.4) is 0 Å². The number of carboxylic acid groups (broad SMARTS) is 1. The highest BCUT2D eigenvalue weighted by atomic mass is 35.5. The lowest BCUT2D eigenvalue weighted by Crippen LogP contribution is -2.44. The largest absolute Gasteiger partial charge is 0.490 e. The number of carbonyl (C=O) groups excluding carboxylic acids is 3. The van der Waals surface area contributed by atoms with Gasteiger partial charge in [-0.2, -0.15) is 4.90 Å². The second-order valence-corrected chi connectivity index (χ2v) is 15.2. The number of aliphatic carboxylic acids is 1. The van der Waals surface area contributed by atoms with E-state index < -0.39 is 53.2 Å². The number of alkyl carbamates (subject to hydrolysis) is 1. The van der Waals surface area contributed by atoms with Crippen molar-refractivity contribution < 1.29 is 43.2 Å². The predicted octanol–water partition coefficient (Wildman–Crippen LogP) is 7.38. The number of hydrogen-bond acceptors (Lipinski definition) is 11. The number of nitrogens with zero attached hydrogens (tertiary/aromatic N) is 5. The summed E-state index contributed by atoms with van der Waals surface area (Å²) >= 11 is 13.1. The molecule has 0 aliphatic heterocycles. The van der Waals surface area contributed by atoms with E-state index in [-0.39, 0.29) is 46.4 Å². The fraction of sp³-hybridized carbons (Fsp3) is 0.545. The van der Waals surface area contributed by atoms with E-state index >= 15 is 0 Å². The van der Waals surface area contributed by atoms with Crippen molar-refractivity contribution in [3.05, 3.63) is 40.4 Å². The molecular weight excluding hydrogens is 695 g/mol. The van der Waals surface area contributed by atoms with E-state index in [1.807, 2.05) is 0 Å². The number of nitrogens with one attached hydrogen (secondary N) is 1. The van der Waals surface area contributed by atoms with Crippen molar-refractivity contribution in [2.24, 2.45) is 0 Å². The molecule has 3 rings (SSSR count). The molecule has 17 heteroatoms. The zero-order valence-electron chi connectivity index (χ0n) is 29.8. The Bertz CT molecular complexity index is 1700. The molecule has 2 N–H and O–H groups in total. The molecule has 0 radical (unpaired) electrons. The van der Waals surface area contributed by atoms with Gasteiger partial charge in [0.05, 0.1) is 29.0 Å². The first-order valence-corrected chi connectivity index (χ1v) is 16.5. The molecular formula is C33H44Cl2N6O9. The van der Waals surface area contributed by atoms with Gasteiger partial charge in [0.1, 0.15) is 34.9 Å². The predicted molar refractivity (Wildman–Crippen MR) is 186 cm³/mol. The Morgan fingerprint density at radius 2 is 1.46 bits per heavy atom. The number of hydrogen-bond donors (Lipinski definition) is 2. The van der Waals surface area contributed by atoms with Gasteiger partial charge in [0, 0.05) is 5.56 Å². The van der Waals surface area contributed by atoms with Crippen LogP contribution in [0.2, 0.25) is 10.0 Å². The van der Waals surface area contributed by atoms with E-state index in [9.17, 15) is 24.3 Å². The fourth-order valence-corrected chi connectivity index (χ4v) is 4.79. The first-order valence-electron chi connectivity index (χ1n) is 15.7. The van der Waals surface area contributed by atoms with Crippen LogP contribution in [-0.2, 0) is 25.5 Å². The number of imidazole rings is 1. The number of imide groups is 1. The molecule has 15 nitrogen and oxygen atoms in total. The molecule has 0 aliphatic carbocycles. The van der Waals surface area contributed by atoms with Crippen molar-refractivity contribution >= 4 is 64.4 Å². The Hall–Kier alpha value is -4.37. The van der Waals surface area contributed by atoms with E-state index in [4.69, 9.17) is 42.1 Å². The second-order valence-electron chi connectivity index (χ2n) is 14.4. The number of fused-ring (bicyclic) bond motifs is 1. The number of benzene rings is 1. The minimum atomic E-state index is -1.22. The molecule has 3 aromatic rings. The summed E-state index contributed by atoms with van der Waals surface area (Å²) in [6, 6.07) is 1.97. The summed E-state index contributed by atoms with van der Waals surface area (Å²) in [6.07, 6.45) is -0.531. The average molecular weight is 740 g/mol. The highest BCUT2D eigenvalue weighted by Crippen LogP contribution is 2.36. The fourth-order valence-electron chi connectivity index (χ4n) is 4.40. The van der Waals surface area contributed by atoms with Crippen molar-refractivity contribution in [1.82, 2.24) is 24.8 Å². The van der Waals surface area contributed by atoms with Crippen molar-refractivity contribution in [2.75, 3.05) is 4.90 Å². The van der Waals surface area contributed by atoms with Gasteiger partial charge < -0.3 is 33.9 Å². The first kappa shape index (κ1) is 40.1. The van der Waals surface area contributed by atoms with Crippen LogP contribution in [0.5, 0.6) is 5.75 Å². The third kappa shape index (κ3) is 11.3. The Morgan fingerprint density at radius 1 is 0.880 bits per heavy atom. The van der Waals surface area contributed by atoms with Gasteiger partial charge in [-0.1, -0.05) is 23.2 Å². The number of ether oxygens (including phenoxy) is 4. The lowest BCUT2D eigenvalue weighted by molar-refractivity contribution is -0.139. The monoisotopic (exact) mass is 738 g/mol. The van der Waals surface area contributed by atoms with E-state index in [0.717, 1.165) is 0 Å². The van der Waals surface area contributed by atoms with Crippen LogP contribution in [0.4, 0.5) is 20.2 Å². The number of aromatic nitrogens is 4. The smallest absolute Gasteiger partial charge is 0.425 e. The van der Waals surface area contributed by atoms with Crippen LogP contribution in [-0.4, -0.2) is 77.8 Å². The Kier molecular flexibility index (Phi) is 12.6. The van der Waals surface area contributed by atoms with Crippen LogP contribution < -0.4 is 15.0 Å². The van der Waals surface area contributed by atoms with Gasteiger partial charge >= 0.3 is 24.2 Å². The standard InChI is InChI=1S/C33H44Cl2N6O9/c1-18(11-13-21(27(42)43)39-28(44)48-31(2,3)4)47-22-14-12-20(34)23(35)19(22)15-40-17-38-24-25(40)36-16-37-26(24)41(29(45)49-32(5,6)7)30(46)50-33(8,9)10/h12,14,16-18,21H,11,13,15H2,1-10H3,(H,39,44)(H,42,43). The van der Waals surface area contributed by atoms with Crippen molar-refractivity contribution in [3.63, 3.8) is 0 Å². The second kappa shape index (κ2) is 15.7. The molecule has 0 fully saturated rings. The topological polar surface area (TPSA) is 184 Å². The molecule has 0 saturated heterocycles. The lowest BCUT2D eigenvalue weighted by atomic mass is 10.1. The Morgan fingerprint density at radius 3 is 2.00 bits per heavy atom. The molecule has 2 aromatic heterocycles.